The van der Waals surface area contributed by atoms with Crippen LogP contribution in [0.1, 0.15) is 6.92 Å². The van der Waals surface area contributed by atoms with Crippen LogP contribution in [0.3, 0.4) is 0 Å². The summed E-state index contributed by atoms with van der Waals surface area (Å²) in [7, 11) is 0. The van der Waals surface area contributed by atoms with E-state index in [-0.39, 0.29) is 18.5 Å². The van der Waals surface area contributed by atoms with Crippen molar-refractivity contribution in [3.63, 3.8) is 0 Å². The molecule has 0 radical (unpaired) electrons. The second-order valence-corrected chi connectivity index (χ2v) is 4.99. The van der Waals surface area contributed by atoms with E-state index in [2.05, 4.69) is 10.3 Å². The van der Waals surface area contributed by atoms with Crippen LogP contribution < -0.4 is 5.32 Å². The Hall–Kier alpha value is -1.63. The number of anilines is 1. The summed E-state index contributed by atoms with van der Waals surface area (Å²) < 4.78 is 0. The summed E-state index contributed by atoms with van der Waals surface area (Å²) in [5.41, 5.74) is 0. The molecule has 0 spiro atoms. The van der Waals surface area contributed by atoms with Gasteiger partial charge in [-0.1, -0.05) is 6.92 Å². The van der Waals surface area contributed by atoms with Crippen molar-refractivity contribution in [1.82, 2.24) is 9.88 Å². The summed E-state index contributed by atoms with van der Waals surface area (Å²) in [6.45, 7) is 2.57. The van der Waals surface area contributed by atoms with Crippen molar-refractivity contribution < 1.29 is 14.7 Å². The van der Waals surface area contributed by atoms with E-state index in [1.165, 1.54) is 16.2 Å². The lowest BCUT2D eigenvalue weighted by atomic mass is 9.99. The summed E-state index contributed by atoms with van der Waals surface area (Å²) in [5, 5.41) is 13.9. The van der Waals surface area contributed by atoms with Gasteiger partial charge in [0.25, 0.3) is 0 Å². The maximum Gasteiger partial charge on any atom is 0.323 e. The number of rotatable bonds is 2. The molecule has 0 bridgehead atoms. The first kappa shape index (κ1) is 11.8. The van der Waals surface area contributed by atoms with Crippen LogP contribution in [0.4, 0.5) is 9.93 Å². The number of aliphatic carboxylic acids is 1. The molecule has 0 saturated carbocycles. The van der Waals surface area contributed by atoms with Crippen LogP contribution in [0.2, 0.25) is 0 Å². The van der Waals surface area contributed by atoms with Gasteiger partial charge < -0.3 is 10.0 Å². The summed E-state index contributed by atoms with van der Waals surface area (Å²) >= 11 is 1.33. The number of hydrogen-bond donors (Lipinski definition) is 2. The first-order chi connectivity index (χ1) is 8.08. The van der Waals surface area contributed by atoms with Crippen molar-refractivity contribution in [3.05, 3.63) is 11.6 Å². The van der Waals surface area contributed by atoms with Gasteiger partial charge in [0.15, 0.2) is 5.13 Å². The molecule has 1 aromatic heterocycles. The number of carbonyl (C=O) groups excluding carboxylic acids is 1. The van der Waals surface area contributed by atoms with E-state index in [4.69, 9.17) is 5.11 Å². The van der Waals surface area contributed by atoms with Gasteiger partial charge >= 0.3 is 12.0 Å². The van der Waals surface area contributed by atoms with E-state index in [0.717, 1.165) is 0 Å². The van der Waals surface area contributed by atoms with Crippen LogP contribution in [0.15, 0.2) is 11.6 Å². The number of hydrogen-bond acceptors (Lipinski definition) is 4. The van der Waals surface area contributed by atoms with Crippen LogP contribution >= 0.6 is 11.3 Å². The Morgan fingerprint density at radius 3 is 2.88 bits per heavy atom. The van der Waals surface area contributed by atoms with Crippen molar-refractivity contribution in [2.24, 2.45) is 11.8 Å². The monoisotopic (exact) mass is 255 g/mol. The number of amides is 2. The molecule has 6 nitrogen and oxygen atoms in total. The molecule has 2 heterocycles. The number of carbonyl (C=O) groups is 2. The number of aromatic nitrogens is 1. The van der Waals surface area contributed by atoms with Crippen LogP contribution in [0.5, 0.6) is 0 Å². The van der Waals surface area contributed by atoms with E-state index in [1.807, 2.05) is 6.92 Å². The highest BCUT2D eigenvalue weighted by molar-refractivity contribution is 7.13. The van der Waals surface area contributed by atoms with Crippen LogP contribution in [0.25, 0.3) is 0 Å². The normalized spacial score (nSPS) is 23.7. The van der Waals surface area contributed by atoms with Crippen molar-refractivity contribution >= 4 is 28.5 Å². The molecule has 0 aliphatic carbocycles. The van der Waals surface area contributed by atoms with Crippen molar-refractivity contribution in [2.75, 3.05) is 18.4 Å². The fraction of sp³-hybridized carbons (Fsp3) is 0.500. The summed E-state index contributed by atoms with van der Waals surface area (Å²) in [6.07, 6.45) is 1.60. The van der Waals surface area contributed by atoms with Crippen LogP contribution in [-0.4, -0.2) is 40.1 Å². The Bertz CT molecular complexity index is 420. The molecule has 2 N–H and O–H groups in total. The second kappa shape index (κ2) is 4.70. The summed E-state index contributed by atoms with van der Waals surface area (Å²) in [5.74, 6) is -1.34. The van der Waals surface area contributed by atoms with E-state index >= 15 is 0 Å². The standard InChI is InChI=1S/C10H13N3O3S/c1-6-4-13(5-7(6)8(14)15)10(16)12-9-11-2-3-17-9/h2-3,6-7H,4-5H2,1H3,(H,14,15)(H,11,12,16)/t6-,7-/m1/s1. The maximum atomic E-state index is 11.8. The fourth-order valence-corrected chi connectivity index (χ4v) is 2.43. The fourth-order valence-electron chi connectivity index (χ4n) is 1.91. The number of likely N-dealkylation sites (tertiary alicyclic amines) is 1. The number of nitrogens with zero attached hydrogens (tertiary/aromatic N) is 2. The van der Waals surface area contributed by atoms with E-state index in [1.54, 1.807) is 11.6 Å². The Kier molecular flexibility index (Phi) is 3.28. The Morgan fingerprint density at radius 1 is 1.59 bits per heavy atom. The molecule has 2 rings (SSSR count). The molecule has 92 valence electrons. The van der Waals surface area contributed by atoms with Gasteiger partial charge in [-0.05, 0) is 5.92 Å². The van der Waals surface area contributed by atoms with E-state index in [9.17, 15) is 9.59 Å². The third-order valence-electron chi connectivity index (χ3n) is 2.86. The van der Waals surface area contributed by atoms with Crippen molar-refractivity contribution in [1.29, 1.82) is 0 Å². The average molecular weight is 255 g/mol. The lowest BCUT2D eigenvalue weighted by Crippen LogP contribution is -2.33. The molecular formula is C10H13N3O3S. The second-order valence-electron chi connectivity index (χ2n) is 4.09. The zero-order valence-corrected chi connectivity index (χ0v) is 10.1. The molecule has 1 aliphatic rings. The minimum atomic E-state index is -0.845. The number of thiazole rings is 1. The van der Waals surface area contributed by atoms with Crippen molar-refractivity contribution in [3.8, 4) is 0 Å². The summed E-state index contributed by atoms with van der Waals surface area (Å²) in [4.78, 5) is 28.2. The molecule has 1 fully saturated rings. The molecule has 0 unspecified atom stereocenters. The van der Waals surface area contributed by atoms with Gasteiger partial charge in [0, 0.05) is 24.7 Å². The highest BCUT2D eigenvalue weighted by Gasteiger charge is 2.37. The molecule has 0 aromatic carbocycles. The quantitative estimate of drug-likeness (QED) is 0.835. The molecule has 2 amide bonds. The minimum absolute atomic E-state index is 0.0189. The number of nitrogens with one attached hydrogen (secondary N) is 1. The summed E-state index contributed by atoms with van der Waals surface area (Å²) in [6, 6.07) is -0.282. The van der Waals surface area contributed by atoms with Gasteiger partial charge in [-0.15, -0.1) is 11.3 Å². The van der Waals surface area contributed by atoms with Gasteiger partial charge in [-0.25, -0.2) is 9.78 Å². The number of urea groups is 1. The molecule has 2 atom stereocenters. The SMILES string of the molecule is C[C@@H]1CN(C(=O)Nc2nccs2)C[C@H]1C(=O)O. The first-order valence-corrected chi connectivity index (χ1v) is 6.14. The van der Waals surface area contributed by atoms with Gasteiger partial charge in [0.1, 0.15) is 0 Å². The van der Waals surface area contributed by atoms with Crippen molar-refractivity contribution in [2.45, 2.75) is 6.92 Å². The lowest BCUT2D eigenvalue weighted by molar-refractivity contribution is -0.142. The molecule has 1 aromatic rings. The zero-order chi connectivity index (χ0) is 12.4. The van der Waals surface area contributed by atoms with E-state index < -0.39 is 11.9 Å². The Morgan fingerprint density at radius 2 is 2.35 bits per heavy atom. The van der Waals surface area contributed by atoms with E-state index in [0.29, 0.717) is 11.7 Å². The van der Waals surface area contributed by atoms with Crippen LogP contribution in [0, 0.1) is 11.8 Å². The largest absolute Gasteiger partial charge is 0.481 e. The molecule has 17 heavy (non-hydrogen) atoms. The number of carboxylic acid groups (broad SMARTS) is 1. The van der Waals surface area contributed by atoms with Crippen LogP contribution in [-0.2, 0) is 4.79 Å². The van der Waals surface area contributed by atoms with Gasteiger partial charge in [0.2, 0.25) is 0 Å². The Labute approximate surface area is 102 Å². The topological polar surface area (TPSA) is 82.5 Å². The number of carboxylic acids is 1. The van der Waals surface area contributed by atoms with Gasteiger partial charge in [-0.2, -0.15) is 0 Å². The lowest BCUT2D eigenvalue weighted by Gasteiger charge is -2.15. The Balaban J connectivity index is 1.96. The average Bonchev–Trinajstić information content (AvgIpc) is 2.86. The maximum absolute atomic E-state index is 11.8. The zero-order valence-electron chi connectivity index (χ0n) is 9.29. The third kappa shape index (κ3) is 2.55. The highest BCUT2D eigenvalue weighted by Crippen LogP contribution is 2.24. The molecule has 1 saturated heterocycles. The van der Waals surface area contributed by atoms with Gasteiger partial charge in [-0.3, -0.25) is 10.1 Å². The van der Waals surface area contributed by atoms with Gasteiger partial charge in [0.05, 0.1) is 5.92 Å². The first-order valence-electron chi connectivity index (χ1n) is 5.26. The minimum Gasteiger partial charge on any atom is -0.481 e. The predicted molar refractivity (Wildman–Crippen MR) is 63.0 cm³/mol. The third-order valence-corrected chi connectivity index (χ3v) is 3.55. The molecular weight excluding hydrogens is 242 g/mol. The molecule has 7 heteroatoms. The molecule has 1 aliphatic heterocycles. The highest BCUT2D eigenvalue weighted by atomic mass is 32.1. The predicted octanol–water partition coefficient (Wildman–Crippen LogP) is 1.33. The smallest absolute Gasteiger partial charge is 0.323 e.